The number of rotatable bonds is 10. The van der Waals surface area contributed by atoms with E-state index >= 15 is 0 Å². The van der Waals surface area contributed by atoms with Crippen LogP contribution in [0.1, 0.15) is 37.9 Å². The van der Waals surface area contributed by atoms with Crippen molar-refractivity contribution in [1.29, 1.82) is 0 Å². The van der Waals surface area contributed by atoms with E-state index in [1.54, 1.807) is 17.9 Å². The Morgan fingerprint density at radius 3 is 2.63 bits per heavy atom. The number of sulfone groups is 1. The fourth-order valence-electron chi connectivity index (χ4n) is 3.19. The minimum Gasteiger partial charge on any atom is -0.383 e. The molecule has 3 rings (SSSR count). The van der Waals surface area contributed by atoms with E-state index < -0.39 is 9.84 Å². The molecule has 1 aliphatic carbocycles. The molecule has 1 saturated carbocycles. The van der Waals surface area contributed by atoms with Gasteiger partial charge < -0.3 is 19.5 Å². The van der Waals surface area contributed by atoms with Crippen LogP contribution >= 0.6 is 12.2 Å². The third kappa shape index (κ3) is 5.80. The van der Waals surface area contributed by atoms with Gasteiger partial charge in [0.1, 0.15) is 0 Å². The van der Waals surface area contributed by atoms with Gasteiger partial charge in [0.25, 0.3) is 0 Å². The van der Waals surface area contributed by atoms with Gasteiger partial charge in [-0.05, 0) is 44.5 Å². The Bertz CT molecular complexity index is 954. The number of methoxy groups -OCH3 is 1. The Labute approximate surface area is 184 Å². The van der Waals surface area contributed by atoms with Crippen molar-refractivity contribution in [3.63, 3.8) is 0 Å². The highest BCUT2D eigenvalue weighted by Gasteiger charge is 2.28. The molecule has 1 N–H and O–H groups in total. The summed E-state index contributed by atoms with van der Waals surface area (Å²) < 4.78 is 33.2. The fraction of sp³-hybridized carbons (Fsp3) is 0.524. The van der Waals surface area contributed by atoms with E-state index in [1.165, 1.54) is 0 Å². The van der Waals surface area contributed by atoms with E-state index in [2.05, 4.69) is 29.0 Å². The molecule has 0 spiro atoms. The fourth-order valence-corrected chi connectivity index (χ4v) is 5.16. The summed E-state index contributed by atoms with van der Waals surface area (Å²) in [5.41, 5.74) is 1.53. The zero-order valence-corrected chi connectivity index (χ0v) is 19.4. The first-order chi connectivity index (χ1) is 14.3. The van der Waals surface area contributed by atoms with Gasteiger partial charge in [0.15, 0.2) is 5.11 Å². The molecule has 0 amide bonds. The molecular formula is C21H30N4O3S2. The average Bonchev–Trinajstić information content (AvgIpc) is 3.41. The predicted octanol–water partition coefficient (Wildman–Crippen LogP) is 2.75. The second-order valence-corrected chi connectivity index (χ2v) is 10.1. The molecule has 1 aromatic heterocycles. The minimum absolute atomic E-state index is 0.0724. The standard InChI is InChI=1S/C21H30N4O3S2/c1-16(2)25(20(29)23-18-9-10-18)14-19-13-22-21(24(19)11-12-28-3)30(26,27)15-17-7-5-4-6-8-17/h4-8,13,16,18H,9-12,14-15H2,1-3H3,(H,23,29). The Morgan fingerprint density at radius 1 is 1.33 bits per heavy atom. The first-order valence-corrected chi connectivity index (χ1v) is 12.2. The number of hydrogen-bond donors (Lipinski definition) is 1. The molecule has 1 aromatic carbocycles. The number of imidazole rings is 1. The highest BCUT2D eigenvalue weighted by Crippen LogP contribution is 2.22. The summed E-state index contributed by atoms with van der Waals surface area (Å²) in [5, 5.41) is 4.14. The molecule has 0 saturated heterocycles. The van der Waals surface area contributed by atoms with Gasteiger partial charge in [0.2, 0.25) is 15.0 Å². The lowest BCUT2D eigenvalue weighted by Gasteiger charge is -2.30. The van der Waals surface area contributed by atoms with Crippen LogP contribution in [-0.2, 0) is 33.4 Å². The Balaban J connectivity index is 1.87. The van der Waals surface area contributed by atoms with E-state index in [0.29, 0.717) is 30.9 Å². The highest BCUT2D eigenvalue weighted by atomic mass is 32.2. The summed E-state index contributed by atoms with van der Waals surface area (Å²) in [4.78, 5) is 6.38. The summed E-state index contributed by atoms with van der Waals surface area (Å²) in [6, 6.07) is 9.78. The van der Waals surface area contributed by atoms with E-state index in [1.807, 2.05) is 30.3 Å². The minimum atomic E-state index is -3.61. The van der Waals surface area contributed by atoms with Gasteiger partial charge in [0, 0.05) is 25.7 Å². The lowest BCUT2D eigenvalue weighted by molar-refractivity contribution is 0.182. The number of nitrogens with one attached hydrogen (secondary N) is 1. The SMILES string of the molecule is COCCn1c(CN(C(=S)NC2CC2)C(C)C)cnc1S(=O)(=O)Cc1ccccc1. The summed E-state index contributed by atoms with van der Waals surface area (Å²) in [6.45, 7) is 5.43. The zero-order valence-electron chi connectivity index (χ0n) is 17.7. The maximum atomic E-state index is 13.1. The van der Waals surface area contributed by atoms with Gasteiger partial charge in [0.05, 0.1) is 30.8 Å². The Hall–Kier alpha value is -1.97. The number of thiocarbonyl (C=S) groups is 1. The quantitative estimate of drug-likeness (QED) is 0.558. The third-order valence-electron chi connectivity index (χ3n) is 5.02. The molecule has 30 heavy (non-hydrogen) atoms. The summed E-state index contributed by atoms with van der Waals surface area (Å²) in [5.74, 6) is -0.0905. The molecule has 1 heterocycles. The van der Waals surface area contributed by atoms with Gasteiger partial charge in [-0.2, -0.15) is 0 Å². The number of benzene rings is 1. The first-order valence-electron chi connectivity index (χ1n) is 10.2. The van der Waals surface area contributed by atoms with Crippen molar-refractivity contribution in [2.24, 2.45) is 0 Å². The summed E-state index contributed by atoms with van der Waals surface area (Å²) >= 11 is 5.61. The van der Waals surface area contributed by atoms with Gasteiger partial charge in [-0.1, -0.05) is 30.3 Å². The molecule has 1 fully saturated rings. The van der Waals surface area contributed by atoms with Gasteiger partial charge in [-0.15, -0.1) is 0 Å². The molecule has 164 valence electrons. The largest absolute Gasteiger partial charge is 0.383 e. The molecule has 1 aliphatic rings. The van der Waals surface area contributed by atoms with Crippen molar-refractivity contribution in [3.05, 3.63) is 47.8 Å². The van der Waals surface area contributed by atoms with Crippen LogP contribution in [0.4, 0.5) is 0 Å². The lowest BCUT2D eigenvalue weighted by Crippen LogP contribution is -2.44. The van der Waals surface area contributed by atoms with Crippen molar-refractivity contribution < 1.29 is 13.2 Å². The van der Waals surface area contributed by atoms with Crippen molar-refractivity contribution in [2.45, 2.75) is 62.8 Å². The molecule has 0 radical (unpaired) electrons. The van der Waals surface area contributed by atoms with E-state index in [0.717, 1.165) is 24.1 Å². The number of ether oxygens (including phenoxy) is 1. The van der Waals surface area contributed by atoms with Crippen LogP contribution in [0, 0.1) is 0 Å². The van der Waals surface area contributed by atoms with Crippen LogP contribution in [0.5, 0.6) is 0 Å². The second kappa shape index (κ2) is 9.89. The second-order valence-electron chi connectivity index (χ2n) is 7.87. The van der Waals surface area contributed by atoms with Crippen LogP contribution < -0.4 is 5.32 Å². The van der Waals surface area contributed by atoms with Crippen LogP contribution in [-0.4, -0.2) is 53.8 Å². The maximum absolute atomic E-state index is 13.1. The number of hydrogen-bond acceptors (Lipinski definition) is 5. The highest BCUT2D eigenvalue weighted by molar-refractivity contribution is 7.90. The van der Waals surface area contributed by atoms with E-state index in [4.69, 9.17) is 17.0 Å². The van der Waals surface area contributed by atoms with Crippen molar-refractivity contribution >= 4 is 27.2 Å². The monoisotopic (exact) mass is 450 g/mol. The molecule has 0 aliphatic heterocycles. The topological polar surface area (TPSA) is 76.5 Å². The summed E-state index contributed by atoms with van der Waals surface area (Å²) in [6.07, 6.45) is 3.92. The molecule has 0 atom stereocenters. The van der Waals surface area contributed by atoms with E-state index in [-0.39, 0.29) is 17.0 Å². The lowest BCUT2D eigenvalue weighted by atomic mass is 10.2. The Morgan fingerprint density at radius 2 is 2.03 bits per heavy atom. The van der Waals surface area contributed by atoms with Gasteiger partial charge >= 0.3 is 0 Å². The van der Waals surface area contributed by atoms with E-state index in [9.17, 15) is 8.42 Å². The maximum Gasteiger partial charge on any atom is 0.228 e. The molecule has 2 aromatic rings. The molecular weight excluding hydrogens is 420 g/mol. The molecule has 9 heteroatoms. The first kappa shape index (κ1) is 22.7. The number of nitrogens with zero attached hydrogens (tertiary/aromatic N) is 3. The molecule has 0 bridgehead atoms. The number of aromatic nitrogens is 2. The molecule has 7 nitrogen and oxygen atoms in total. The van der Waals surface area contributed by atoms with Crippen molar-refractivity contribution in [1.82, 2.24) is 19.8 Å². The zero-order chi connectivity index (χ0) is 21.7. The van der Waals surface area contributed by atoms with Gasteiger partial charge in [-0.3, -0.25) is 0 Å². The molecule has 0 unspecified atom stereocenters. The summed E-state index contributed by atoms with van der Waals surface area (Å²) in [7, 11) is -2.01. The van der Waals surface area contributed by atoms with Crippen LogP contribution in [0.25, 0.3) is 0 Å². The van der Waals surface area contributed by atoms with Crippen LogP contribution in [0.3, 0.4) is 0 Å². The normalized spacial score (nSPS) is 14.1. The van der Waals surface area contributed by atoms with Crippen molar-refractivity contribution in [3.8, 4) is 0 Å². The predicted molar refractivity (Wildman–Crippen MR) is 121 cm³/mol. The average molecular weight is 451 g/mol. The van der Waals surface area contributed by atoms with Gasteiger partial charge in [-0.25, -0.2) is 13.4 Å². The van der Waals surface area contributed by atoms with Crippen LogP contribution in [0.2, 0.25) is 0 Å². The Kier molecular flexibility index (Phi) is 7.49. The smallest absolute Gasteiger partial charge is 0.228 e. The van der Waals surface area contributed by atoms with Crippen LogP contribution in [0.15, 0.2) is 41.7 Å². The third-order valence-corrected chi connectivity index (χ3v) is 6.97. The van der Waals surface area contributed by atoms with Crippen molar-refractivity contribution in [2.75, 3.05) is 13.7 Å².